The molecule has 1 aromatic carbocycles. The molecule has 0 saturated carbocycles. The minimum atomic E-state index is -0.422. The molecule has 0 spiro atoms. The molecule has 0 amide bonds. The number of hydrogen-bond donors (Lipinski definition) is 1. The first-order valence-corrected chi connectivity index (χ1v) is 4.98. The van der Waals surface area contributed by atoms with Gasteiger partial charge in [-0.2, -0.15) is 5.10 Å². The molecule has 0 saturated heterocycles. The number of aryl methyl sites for hydroxylation is 1. The Morgan fingerprint density at radius 1 is 1.50 bits per heavy atom. The lowest BCUT2D eigenvalue weighted by Gasteiger charge is -1.99. The number of fused-ring (bicyclic) bond motifs is 1. The molecule has 5 nitrogen and oxygen atoms in total. The lowest BCUT2D eigenvalue weighted by Crippen LogP contribution is -2.16. The summed E-state index contributed by atoms with van der Waals surface area (Å²) in [7, 11) is 1.86. The van der Waals surface area contributed by atoms with Crippen LogP contribution in [0.2, 0.25) is 0 Å². The molecule has 0 bridgehead atoms. The fraction of sp³-hybridized carbons (Fsp3) is 0.273. The van der Waals surface area contributed by atoms with Gasteiger partial charge in [0.25, 0.3) is 0 Å². The summed E-state index contributed by atoms with van der Waals surface area (Å²) in [5, 5.41) is 5.29. The van der Waals surface area contributed by atoms with Crippen molar-refractivity contribution in [1.82, 2.24) is 9.78 Å². The molecule has 0 atom stereocenters. The zero-order chi connectivity index (χ0) is 11.5. The summed E-state index contributed by atoms with van der Waals surface area (Å²) >= 11 is 0. The third-order valence-electron chi connectivity index (χ3n) is 2.37. The topological polar surface area (TPSA) is 70.1 Å². The molecule has 0 radical (unpaired) electrons. The molecule has 1 aromatic heterocycles. The molecular weight excluding hydrogens is 206 g/mol. The standard InChI is InChI=1S/C11H13N3O2/c1-14-10-5-3-2-4-8(10)9(13-14)7-16-11(15)6-12/h2-5H,6-7,12H2,1H3. The van der Waals surface area contributed by atoms with Crippen LogP contribution in [0.5, 0.6) is 0 Å². The van der Waals surface area contributed by atoms with E-state index in [2.05, 4.69) is 5.10 Å². The molecule has 5 heteroatoms. The summed E-state index contributed by atoms with van der Waals surface area (Å²) in [6.07, 6.45) is 0. The highest BCUT2D eigenvalue weighted by molar-refractivity contribution is 5.82. The number of benzene rings is 1. The first-order valence-electron chi connectivity index (χ1n) is 4.98. The summed E-state index contributed by atoms with van der Waals surface area (Å²) in [6, 6.07) is 7.79. The van der Waals surface area contributed by atoms with Crippen LogP contribution in [0.4, 0.5) is 0 Å². The Balaban J connectivity index is 2.27. The van der Waals surface area contributed by atoms with E-state index in [1.807, 2.05) is 31.3 Å². The van der Waals surface area contributed by atoms with Gasteiger partial charge in [-0.1, -0.05) is 18.2 Å². The van der Waals surface area contributed by atoms with Gasteiger partial charge in [0.2, 0.25) is 0 Å². The Morgan fingerprint density at radius 2 is 2.25 bits per heavy atom. The number of aromatic nitrogens is 2. The molecule has 0 aliphatic heterocycles. The molecule has 0 unspecified atom stereocenters. The second-order valence-electron chi connectivity index (χ2n) is 3.45. The van der Waals surface area contributed by atoms with Crippen LogP contribution in [0, 0.1) is 0 Å². The number of carbonyl (C=O) groups is 1. The molecule has 1 heterocycles. The van der Waals surface area contributed by atoms with Gasteiger partial charge in [-0.25, -0.2) is 0 Å². The highest BCUT2D eigenvalue weighted by atomic mass is 16.5. The van der Waals surface area contributed by atoms with Gasteiger partial charge in [0.05, 0.1) is 12.1 Å². The quantitative estimate of drug-likeness (QED) is 0.766. The predicted molar refractivity (Wildman–Crippen MR) is 59.6 cm³/mol. The van der Waals surface area contributed by atoms with Crippen molar-refractivity contribution in [3.05, 3.63) is 30.0 Å². The number of carbonyl (C=O) groups excluding carboxylic acids is 1. The fourth-order valence-corrected chi connectivity index (χ4v) is 1.60. The van der Waals surface area contributed by atoms with Crippen molar-refractivity contribution in [3.63, 3.8) is 0 Å². The van der Waals surface area contributed by atoms with Crippen molar-refractivity contribution < 1.29 is 9.53 Å². The normalized spacial score (nSPS) is 10.6. The minimum Gasteiger partial charge on any atom is -0.458 e. The van der Waals surface area contributed by atoms with E-state index in [-0.39, 0.29) is 13.2 Å². The Hall–Kier alpha value is -1.88. The number of nitrogens with two attached hydrogens (primary N) is 1. The van der Waals surface area contributed by atoms with E-state index in [9.17, 15) is 4.79 Å². The molecule has 84 valence electrons. The van der Waals surface area contributed by atoms with E-state index in [1.54, 1.807) is 4.68 Å². The Kier molecular flexibility index (Phi) is 2.87. The van der Waals surface area contributed by atoms with E-state index in [1.165, 1.54) is 0 Å². The molecule has 2 aromatic rings. The molecule has 16 heavy (non-hydrogen) atoms. The van der Waals surface area contributed by atoms with Gasteiger partial charge < -0.3 is 10.5 Å². The SMILES string of the molecule is Cn1nc(COC(=O)CN)c2ccccc21. The second-order valence-corrected chi connectivity index (χ2v) is 3.45. The summed E-state index contributed by atoms with van der Waals surface area (Å²) in [5.41, 5.74) is 6.92. The number of ether oxygens (including phenoxy) is 1. The summed E-state index contributed by atoms with van der Waals surface area (Å²) in [6.45, 7) is 0.0577. The van der Waals surface area contributed by atoms with Gasteiger partial charge in [0.1, 0.15) is 12.3 Å². The monoisotopic (exact) mass is 219 g/mol. The lowest BCUT2D eigenvalue weighted by molar-refractivity contribution is -0.143. The van der Waals surface area contributed by atoms with Crippen LogP contribution in [-0.2, 0) is 23.2 Å². The molecule has 0 aliphatic carbocycles. The average molecular weight is 219 g/mol. The lowest BCUT2D eigenvalue weighted by atomic mass is 10.2. The fourth-order valence-electron chi connectivity index (χ4n) is 1.60. The summed E-state index contributed by atoms with van der Waals surface area (Å²) < 4.78 is 6.72. The summed E-state index contributed by atoms with van der Waals surface area (Å²) in [4.78, 5) is 10.9. The highest BCUT2D eigenvalue weighted by Gasteiger charge is 2.09. The van der Waals surface area contributed by atoms with Crippen LogP contribution in [0.25, 0.3) is 10.9 Å². The zero-order valence-electron chi connectivity index (χ0n) is 9.01. The van der Waals surface area contributed by atoms with Crippen LogP contribution in [0.3, 0.4) is 0 Å². The summed E-state index contributed by atoms with van der Waals surface area (Å²) in [5.74, 6) is -0.422. The van der Waals surface area contributed by atoms with Gasteiger partial charge in [0.15, 0.2) is 0 Å². The van der Waals surface area contributed by atoms with Crippen LogP contribution in [0.15, 0.2) is 24.3 Å². The van der Waals surface area contributed by atoms with Crippen LogP contribution in [0.1, 0.15) is 5.69 Å². The van der Waals surface area contributed by atoms with Crippen molar-refractivity contribution in [2.75, 3.05) is 6.54 Å². The first kappa shape index (κ1) is 10.6. The van der Waals surface area contributed by atoms with Crippen LogP contribution < -0.4 is 5.73 Å². The predicted octanol–water partition coefficient (Wildman–Crippen LogP) is 0.575. The van der Waals surface area contributed by atoms with E-state index in [0.717, 1.165) is 16.6 Å². The maximum absolute atomic E-state index is 10.9. The average Bonchev–Trinajstić information content (AvgIpc) is 2.64. The van der Waals surface area contributed by atoms with Crippen molar-refractivity contribution in [3.8, 4) is 0 Å². The Morgan fingerprint density at radius 3 is 3.00 bits per heavy atom. The number of nitrogens with zero attached hydrogens (tertiary/aromatic N) is 2. The van der Waals surface area contributed by atoms with Crippen LogP contribution in [-0.4, -0.2) is 22.3 Å². The second kappa shape index (κ2) is 4.32. The van der Waals surface area contributed by atoms with Gasteiger partial charge in [-0.15, -0.1) is 0 Å². The van der Waals surface area contributed by atoms with E-state index >= 15 is 0 Å². The maximum Gasteiger partial charge on any atom is 0.320 e. The Labute approximate surface area is 92.8 Å². The van der Waals surface area contributed by atoms with Crippen LogP contribution >= 0.6 is 0 Å². The van der Waals surface area contributed by atoms with Gasteiger partial charge in [-0.3, -0.25) is 9.48 Å². The maximum atomic E-state index is 10.9. The highest BCUT2D eigenvalue weighted by Crippen LogP contribution is 2.17. The van der Waals surface area contributed by atoms with Crippen molar-refractivity contribution in [1.29, 1.82) is 0 Å². The van der Waals surface area contributed by atoms with E-state index in [4.69, 9.17) is 10.5 Å². The van der Waals surface area contributed by atoms with Crippen molar-refractivity contribution in [2.45, 2.75) is 6.61 Å². The third kappa shape index (κ3) is 1.90. The number of para-hydroxylation sites is 1. The van der Waals surface area contributed by atoms with Crippen molar-refractivity contribution >= 4 is 16.9 Å². The smallest absolute Gasteiger partial charge is 0.320 e. The van der Waals surface area contributed by atoms with Gasteiger partial charge in [0, 0.05) is 12.4 Å². The molecular formula is C11H13N3O2. The Bertz CT molecular complexity index is 519. The van der Waals surface area contributed by atoms with E-state index in [0.29, 0.717) is 0 Å². The molecule has 2 rings (SSSR count). The van der Waals surface area contributed by atoms with Gasteiger partial charge in [-0.05, 0) is 6.07 Å². The molecule has 0 aliphatic rings. The number of rotatable bonds is 3. The number of esters is 1. The first-order chi connectivity index (χ1) is 7.72. The third-order valence-corrected chi connectivity index (χ3v) is 2.37. The van der Waals surface area contributed by atoms with Gasteiger partial charge >= 0.3 is 5.97 Å². The van der Waals surface area contributed by atoms with E-state index < -0.39 is 5.97 Å². The largest absolute Gasteiger partial charge is 0.458 e. The van der Waals surface area contributed by atoms with Crippen molar-refractivity contribution in [2.24, 2.45) is 12.8 Å². The minimum absolute atomic E-state index is 0.106. The molecule has 2 N–H and O–H groups in total. The molecule has 0 fully saturated rings. The zero-order valence-corrected chi connectivity index (χ0v) is 9.01. The number of hydrogen-bond acceptors (Lipinski definition) is 4.